The van der Waals surface area contributed by atoms with Gasteiger partial charge in [-0.1, -0.05) is 23.7 Å². The van der Waals surface area contributed by atoms with Crippen LogP contribution in [0.2, 0.25) is 5.02 Å². The van der Waals surface area contributed by atoms with Crippen LogP contribution in [0.4, 0.5) is 0 Å². The highest BCUT2D eigenvalue weighted by Gasteiger charge is 2.20. The number of aryl methyl sites for hydroxylation is 1. The number of benzene rings is 1. The van der Waals surface area contributed by atoms with Crippen LogP contribution in [0.5, 0.6) is 0 Å². The zero-order valence-electron chi connectivity index (χ0n) is 15.5. The highest BCUT2D eigenvalue weighted by atomic mass is 35.5. The normalized spacial score (nSPS) is 16.6. The van der Waals surface area contributed by atoms with Gasteiger partial charge in [0.05, 0.1) is 6.10 Å². The van der Waals surface area contributed by atoms with Crippen molar-refractivity contribution >= 4 is 23.2 Å². The first-order valence-electron chi connectivity index (χ1n) is 9.27. The summed E-state index contributed by atoms with van der Waals surface area (Å²) < 4.78 is 6.84. The van der Waals surface area contributed by atoms with Gasteiger partial charge in [-0.05, 0) is 37.5 Å². The van der Waals surface area contributed by atoms with E-state index in [1.54, 1.807) is 19.1 Å². The molecule has 2 N–H and O–H groups in total. The number of nitrogens with zero attached hydrogens (tertiary/aromatic N) is 2. The van der Waals surface area contributed by atoms with E-state index in [4.69, 9.17) is 16.3 Å². The number of rotatable bonds is 5. The van der Waals surface area contributed by atoms with E-state index in [2.05, 4.69) is 15.4 Å². The minimum absolute atomic E-state index is 0.0533. The van der Waals surface area contributed by atoms with Gasteiger partial charge in [0.25, 0.3) is 11.5 Å². The van der Waals surface area contributed by atoms with Crippen molar-refractivity contribution < 1.29 is 9.53 Å². The predicted octanol–water partition coefficient (Wildman–Crippen LogP) is 2.48. The molecule has 2 aromatic heterocycles. The Morgan fingerprint density at radius 2 is 2.18 bits per heavy atom. The molecule has 1 unspecified atom stereocenters. The molecule has 3 aromatic rings. The van der Waals surface area contributed by atoms with Crippen LogP contribution in [-0.4, -0.2) is 39.8 Å². The number of fused-ring (bicyclic) bond motifs is 1. The smallest absolute Gasteiger partial charge is 0.276 e. The lowest BCUT2D eigenvalue weighted by Gasteiger charge is -2.10. The molecule has 1 fully saturated rings. The number of amides is 1. The van der Waals surface area contributed by atoms with Crippen molar-refractivity contribution in [3.8, 4) is 0 Å². The van der Waals surface area contributed by atoms with Crippen molar-refractivity contribution in [2.24, 2.45) is 0 Å². The van der Waals surface area contributed by atoms with E-state index in [0.29, 0.717) is 40.5 Å². The van der Waals surface area contributed by atoms with E-state index in [1.165, 1.54) is 10.7 Å². The number of aromatic nitrogens is 3. The quantitative estimate of drug-likeness (QED) is 0.688. The van der Waals surface area contributed by atoms with Gasteiger partial charge in [-0.25, -0.2) is 9.50 Å². The summed E-state index contributed by atoms with van der Waals surface area (Å²) in [7, 11) is 0. The van der Waals surface area contributed by atoms with Gasteiger partial charge in [-0.2, -0.15) is 0 Å². The Labute approximate surface area is 166 Å². The molecular weight excluding hydrogens is 380 g/mol. The molecule has 8 heteroatoms. The summed E-state index contributed by atoms with van der Waals surface area (Å²) in [5.74, 6) is -0.272. The molecule has 0 spiro atoms. The fourth-order valence-electron chi connectivity index (χ4n) is 3.44. The molecule has 28 heavy (non-hydrogen) atoms. The van der Waals surface area contributed by atoms with E-state index in [9.17, 15) is 9.59 Å². The fraction of sp³-hybridized carbons (Fsp3) is 0.350. The number of carbonyl (C=O) groups excluding carboxylic acids is 1. The molecular formula is C20H21ClN4O3. The highest BCUT2D eigenvalue weighted by Crippen LogP contribution is 2.16. The third kappa shape index (κ3) is 3.68. The zero-order valence-corrected chi connectivity index (χ0v) is 16.3. The molecule has 146 valence electrons. The van der Waals surface area contributed by atoms with Crippen LogP contribution >= 0.6 is 11.6 Å². The minimum Gasteiger partial charge on any atom is -0.376 e. The largest absolute Gasteiger partial charge is 0.376 e. The first kappa shape index (κ1) is 18.7. The summed E-state index contributed by atoms with van der Waals surface area (Å²) in [6.07, 6.45) is 3.97. The second kappa shape index (κ2) is 7.77. The molecule has 0 bridgehead atoms. The maximum Gasteiger partial charge on any atom is 0.276 e. The van der Waals surface area contributed by atoms with Gasteiger partial charge in [0.2, 0.25) is 0 Å². The van der Waals surface area contributed by atoms with E-state index >= 15 is 0 Å². The fourth-order valence-corrected chi connectivity index (χ4v) is 3.57. The van der Waals surface area contributed by atoms with E-state index in [1.807, 2.05) is 12.1 Å². The summed E-state index contributed by atoms with van der Waals surface area (Å²) in [6, 6.07) is 7.35. The third-order valence-electron chi connectivity index (χ3n) is 5.02. The standard InChI is InChI=1S/C20H21ClN4O3/c1-12-16(9-13-4-6-14(21)7-5-13)20(27)25-18(24-12)17(11-23-25)19(26)22-10-15-3-2-8-28-15/h4-7,11,15,23H,2-3,8-10H2,1H3,(H,22,26). The average Bonchev–Trinajstić information content (AvgIpc) is 3.34. The number of aromatic amines is 1. The van der Waals surface area contributed by atoms with E-state index in [0.717, 1.165) is 25.0 Å². The topological polar surface area (TPSA) is 88.5 Å². The van der Waals surface area contributed by atoms with Crippen molar-refractivity contribution in [3.05, 3.63) is 68.2 Å². The number of hydrogen-bond donors (Lipinski definition) is 2. The van der Waals surface area contributed by atoms with Crippen LogP contribution < -0.4 is 10.9 Å². The molecule has 4 rings (SSSR count). The minimum atomic E-state index is -0.272. The van der Waals surface area contributed by atoms with Crippen molar-refractivity contribution in [1.29, 1.82) is 0 Å². The first-order valence-corrected chi connectivity index (χ1v) is 9.64. The number of ether oxygens (including phenoxy) is 1. The van der Waals surface area contributed by atoms with Crippen LogP contribution in [0.25, 0.3) is 5.65 Å². The van der Waals surface area contributed by atoms with Gasteiger partial charge in [-0.15, -0.1) is 0 Å². The maximum atomic E-state index is 12.9. The molecule has 1 amide bonds. The molecule has 1 aliphatic heterocycles. The van der Waals surface area contributed by atoms with E-state index in [-0.39, 0.29) is 17.6 Å². The molecule has 7 nitrogen and oxygen atoms in total. The van der Waals surface area contributed by atoms with Crippen LogP contribution in [0.3, 0.4) is 0 Å². The number of halogens is 1. The summed E-state index contributed by atoms with van der Waals surface area (Å²) in [6.45, 7) is 2.97. The Morgan fingerprint density at radius 3 is 2.89 bits per heavy atom. The Morgan fingerprint density at radius 1 is 1.39 bits per heavy atom. The molecule has 1 aliphatic rings. The maximum absolute atomic E-state index is 12.9. The second-order valence-corrected chi connectivity index (χ2v) is 7.41. The van der Waals surface area contributed by atoms with Gasteiger partial charge in [0, 0.05) is 42.0 Å². The van der Waals surface area contributed by atoms with Crippen LogP contribution in [0.1, 0.15) is 40.0 Å². The molecule has 0 aliphatic carbocycles. The second-order valence-electron chi connectivity index (χ2n) is 6.98. The number of carbonyl (C=O) groups is 1. The summed E-state index contributed by atoms with van der Waals surface area (Å²) in [4.78, 5) is 30.0. The molecule has 0 saturated carbocycles. The Bertz CT molecular complexity index is 1070. The number of H-pyrrole nitrogens is 1. The third-order valence-corrected chi connectivity index (χ3v) is 5.27. The van der Waals surface area contributed by atoms with E-state index < -0.39 is 0 Å². The van der Waals surface area contributed by atoms with Crippen molar-refractivity contribution in [2.75, 3.05) is 13.2 Å². The lowest BCUT2D eigenvalue weighted by atomic mass is 10.1. The van der Waals surface area contributed by atoms with Crippen LogP contribution in [0, 0.1) is 6.92 Å². The van der Waals surface area contributed by atoms with Gasteiger partial charge in [0.1, 0.15) is 5.56 Å². The lowest BCUT2D eigenvalue weighted by Crippen LogP contribution is -2.32. The highest BCUT2D eigenvalue weighted by molar-refractivity contribution is 6.30. The monoisotopic (exact) mass is 400 g/mol. The summed E-state index contributed by atoms with van der Waals surface area (Å²) in [5, 5.41) is 6.37. The summed E-state index contributed by atoms with van der Waals surface area (Å²) in [5.41, 5.74) is 2.60. The average molecular weight is 401 g/mol. The van der Waals surface area contributed by atoms with Gasteiger partial charge >= 0.3 is 0 Å². The Balaban J connectivity index is 1.60. The zero-order chi connectivity index (χ0) is 19.7. The van der Waals surface area contributed by atoms with Gasteiger partial charge < -0.3 is 10.1 Å². The summed E-state index contributed by atoms with van der Waals surface area (Å²) >= 11 is 5.93. The van der Waals surface area contributed by atoms with Gasteiger partial charge in [0.15, 0.2) is 5.65 Å². The van der Waals surface area contributed by atoms with Crippen molar-refractivity contribution in [2.45, 2.75) is 32.3 Å². The first-order chi connectivity index (χ1) is 13.5. The SMILES string of the molecule is Cc1nc2c(C(=O)NCC3CCCO3)c[nH]n2c(=O)c1Cc1ccc(Cl)cc1. The van der Waals surface area contributed by atoms with Crippen LogP contribution in [-0.2, 0) is 11.2 Å². The lowest BCUT2D eigenvalue weighted by molar-refractivity contribution is 0.0859. The molecule has 3 heterocycles. The molecule has 1 saturated heterocycles. The van der Waals surface area contributed by atoms with Gasteiger partial charge in [-0.3, -0.25) is 14.7 Å². The van der Waals surface area contributed by atoms with Crippen LogP contribution in [0.15, 0.2) is 35.3 Å². The van der Waals surface area contributed by atoms with Crippen molar-refractivity contribution in [3.63, 3.8) is 0 Å². The molecule has 0 radical (unpaired) electrons. The number of nitrogens with one attached hydrogen (secondary N) is 2. The molecule has 1 atom stereocenters. The number of hydrogen-bond acceptors (Lipinski definition) is 4. The predicted molar refractivity (Wildman–Crippen MR) is 106 cm³/mol. The van der Waals surface area contributed by atoms with Crippen molar-refractivity contribution in [1.82, 2.24) is 19.9 Å². The molecule has 1 aromatic carbocycles. The Kier molecular flexibility index (Phi) is 5.19. The Hall–Kier alpha value is -2.64.